The zero-order chi connectivity index (χ0) is 11.3. The summed E-state index contributed by atoms with van der Waals surface area (Å²) in [6, 6.07) is 9.24. The molecule has 0 aromatic heterocycles. The molecule has 1 aromatic rings. The van der Waals surface area contributed by atoms with Gasteiger partial charge in [0.1, 0.15) is 0 Å². The van der Waals surface area contributed by atoms with Gasteiger partial charge in [-0.05, 0) is 18.6 Å². The van der Waals surface area contributed by atoms with Gasteiger partial charge in [-0.15, -0.1) is 0 Å². The zero-order valence-electron chi connectivity index (χ0n) is 9.05. The number of benzene rings is 1. The number of hydrogen-bond acceptors (Lipinski definition) is 2. The first kappa shape index (κ1) is 11.7. The predicted molar refractivity (Wildman–Crippen MR) is 60.4 cm³/mol. The Hall–Kier alpha value is -1.41. The molecule has 2 atom stereocenters. The van der Waals surface area contributed by atoms with Crippen LogP contribution in [0.15, 0.2) is 42.5 Å². The number of ketones is 1. The van der Waals surface area contributed by atoms with Crippen molar-refractivity contribution in [1.82, 2.24) is 0 Å². The van der Waals surface area contributed by atoms with Crippen LogP contribution in [0.5, 0.6) is 0 Å². The van der Waals surface area contributed by atoms with Crippen molar-refractivity contribution < 1.29 is 9.90 Å². The Kier molecular flexibility index (Phi) is 4.25. The summed E-state index contributed by atoms with van der Waals surface area (Å²) in [6.45, 7) is 3.53. The topological polar surface area (TPSA) is 37.3 Å². The van der Waals surface area contributed by atoms with Gasteiger partial charge in [0.05, 0.1) is 6.10 Å². The summed E-state index contributed by atoms with van der Waals surface area (Å²) in [5.41, 5.74) is 0.780. The van der Waals surface area contributed by atoms with E-state index in [2.05, 4.69) is 0 Å². The van der Waals surface area contributed by atoms with Crippen molar-refractivity contribution in [3.63, 3.8) is 0 Å². The molecule has 0 unspecified atom stereocenters. The summed E-state index contributed by atoms with van der Waals surface area (Å²) < 4.78 is 0. The minimum atomic E-state index is -0.727. The van der Waals surface area contributed by atoms with E-state index in [1.54, 1.807) is 19.9 Å². The van der Waals surface area contributed by atoms with Crippen LogP contribution < -0.4 is 0 Å². The highest BCUT2D eigenvalue weighted by molar-refractivity contribution is 5.91. The van der Waals surface area contributed by atoms with E-state index in [0.717, 1.165) is 5.56 Å². The van der Waals surface area contributed by atoms with Gasteiger partial charge in [0.15, 0.2) is 5.78 Å². The number of allylic oxidation sites excluding steroid dienone is 2. The highest BCUT2D eigenvalue weighted by Crippen LogP contribution is 2.22. The summed E-state index contributed by atoms with van der Waals surface area (Å²) in [5, 5.41) is 9.93. The largest absolute Gasteiger partial charge is 0.388 e. The van der Waals surface area contributed by atoms with Crippen molar-refractivity contribution in [2.75, 3.05) is 0 Å². The normalized spacial score (nSPS) is 15.1. The Morgan fingerprint density at radius 1 is 1.33 bits per heavy atom. The van der Waals surface area contributed by atoms with Crippen LogP contribution in [0.3, 0.4) is 0 Å². The molecule has 0 saturated heterocycles. The highest BCUT2D eigenvalue weighted by atomic mass is 16.3. The summed E-state index contributed by atoms with van der Waals surface area (Å²) in [7, 11) is 0. The average Bonchev–Trinajstić information content (AvgIpc) is 2.28. The third-order valence-corrected chi connectivity index (χ3v) is 2.39. The fraction of sp³-hybridized carbons (Fsp3) is 0.308. The molecule has 1 rings (SSSR count). The van der Waals surface area contributed by atoms with Gasteiger partial charge in [0.25, 0.3) is 0 Å². The molecule has 0 amide bonds. The quantitative estimate of drug-likeness (QED) is 0.765. The molecule has 1 N–H and O–H groups in total. The number of carbonyl (C=O) groups excluding carboxylic acids is 1. The van der Waals surface area contributed by atoms with Gasteiger partial charge in [-0.3, -0.25) is 4.79 Å². The Morgan fingerprint density at radius 3 is 2.47 bits per heavy atom. The lowest BCUT2D eigenvalue weighted by Crippen LogP contribution is -2.17. The third kappa shape index (κ3) is 3.03. The van der Waals surface area contributed by atoms with E-state index in [0.29, 0.717) is 0 Å². The molecule has 80 valence electrons. The van der Waals surface area contributed by atoms with Crippen molar-refractivity contribution in [1.29, 1.82) is 0 Å². The molecule has 0 bridgehead atoms. The van der Waals surface area contributed by atoms with Crippen LogP contribution >= 0.6 is 0 Å². The molecule has 2 heteroatoms. The fourth-order valence-electron chi connectivity index (χ4n) is 1.41. The van der Waals surface area contributed by atoms with E-state index in [1.165, 1.54) is 6.08 Å². The molecule has 0 aliphatic rings. The number of hydrogen-bond donors (Lipinski definition) is 1. The van der Waals surface area contributed by atoms with Gasteiger partial charge in [-0.1, -0.05) is 43.3 Å². The molecule has 0 heterocycles. The van der Waals surface area contributed by atoms with E-state index in [1.807, 2.05) is 30.3 Å². The first-order chi connectivity index (χ1) is 7.16. The molecule has 0 fully saturated rings. The Morgan fingerprint density at radius 2 is 1.93 bits per heavy atom. The Balaban J connectivity index is 2.77. The van der Waals surface area contributed by atoms with E-state index < -0.39 is 12.0 Å². The molecule has 0 spiro atoms. The van der Waals surface area contributed by atoms with E-state index in [-0.39, 0.29) is 5.78 Å². The maximum Gasteiger partial charge on any atom is 0.161 e. The van der Waals surface area contributed by atoms with Gasteiger partial charge >= 0.3 is 0 Å². The van der Waals surface area contributed by atoms with Crippen molar-refractivity contribution in [2.24, 2.45) is 5.92 Å². The summed E-state index contributed by atoms with van der Waals surface area (Å²) in [4.78, 5) is 11.5. The van der Waals surface area contributed by atoms with Crippen LogP contribution in [0.2, 0.25) is 0 Å². The SMILES string of the molecule is C/C=C/C(=O)[C@@H](C)[C@H](O)c1ccccc1. The van der Waals surface area contributed by atoms with Crippen molar-refractivity contribution in [2.45, 2.75) is 20.0 Å². The van der Waals surface area contributed by atoms with Crippen LogP contribution in [-0.2, 0) is 4.79 Å². The summed E-state index contributed by atoms with van der Waals surface area (Å²) in [5.74, 6) is -0.447. The lowest BCUT2D eigenvalue weighted by Gasteiger charge is -2.16. The minimum Gasteiger partial charge on any atom is -0.388 e. The van der Waals surface area contributed by atoms with Crippen molar-refractivity contribution in [3.05, 3.63) is 48.0 Å². The molecule has 2 nitrogen and oxygen atoms in total. The number of carbonyl (C=O) groups is 1. The fourth-order valence-corrected chi connectivity index (χ4v) is 1.41. The number of aliphatic hydroxyl groups is 1. The number of rotatable bonds is 4. The summed E-state index contributed by atoms with van der Waals surface area (Å²) in [6.07, 6.45) is 2.46. The maximum atomic E-state index is 11.5. The van der Waals surface area contributed by atoms with Gasteiger partial charge in [0.2, 0.25) is 0 Å². The maximum absolute atomic E-state index is 11.5. The first-order valence-electron chi connectivity index (χ1n) is 5.06. The molecule has 0 aliphatic carbocycles. The Labute approximate surface area is 90.3 Å². The van der Waals surface area contributed by atoms with Crippen molar-refractivity contribution in [3.8, 4) is 0 Å². The van der Waals surface area contributed by atoms with Crippen LogP contribution in [0, 0.1) is 5.92 Å². The van der Waals surface area contributed by atoms with Gasteiger partial charge in [0, 0.05) is 5.92 Å². The van der Waals surface area contributed by atoms with Crippen LogP contribution in [0.1, 0.15) is 25.5 Å². The minimum absolute atomic E-state index is 0.0474. The second-order valence-corrected chi connectivity index (χ2v) is 3.55. The van der Waals surface area contributed by atoms with Crippen LogP contribution in [-0.4, -0.2) is 10.9 Å². The molecule has 0 radical (unpaired) electrons. The van der Waals surface area contributed by atoms with Crippen LogP contribution in [0.25, 0.3) is 0 Å². The number of aliphatic hydroxyl groups excluding tert-OH is 1. The Bertz CT molecular complexity index is 341. The zero-order valence-corrected chi connectivity index (χ0v) is 9.05. The highest BCUT2D eigenvalue weighted by Gasteiger charge is 2.20. The molecule has 15 heavy (non-hydrogen) atoms. The molecule has 0 saturated carbocycles. The lowest BCUT2D eigenvalue weighted by molar-refractivity contribution is -0.121. The molecule has 1 aromatic carbocycles. The molecular formula is C13H16O2. The second kappa shape index (κ2) is 5.47. The second-order valence-electron chi connectivity index (χ2n) is 3.55. The van der Waals surface area contributed by atoms with E-state index in [4.69, 9.17) is 0 Å². The lowest BCUT2D eigenvalue weighted by atomic mass is 9.93. The third-order valence-electron chi connectivity index (χ3n) is 2.39. The summed E-state index contributed by atoms with van der Waals surface area (Å²) >= 11 is 0. The predicted octanol–water partition coefficient (Wildman–Crippen LogP) is 2.50. The van der Waals surface area contributed by atoms with Crippen molar-refractivity contribution >= 4 is 5.78 Å². The smallest absolute Gasteiger partial charge is 0.161 e. The van der Waals surface area contributed by atoms with Gasteiger partial charge < -0.3 is 5.11 Å². The van der Waals surface area contributed by atoms with Gasteiger partial charge in [-0.25, -0.2) is 0 Å². The van der Waals surface area contributed by atoms with Crippen LogP contribution in [0.4, 0.5) is 0 Å². The van der Waals surface area contributed by atoms with E-state index >= 15 is 0 Å². The first-order valence-corrected chi connectivity index (χ1v) is 5.06. The van der Waals surface area contributed by atoms with Gasteiger partial charge in [-0.2, -0.15) is 0 Å². The molecular weight excluding hydrogens is 188 g/mol. The molecule has 0 aliphatic heterocycles. The standard InChI is InChI=1S/C13H16O2/c1-3-7-12(14)10(2)13(15)11-8-5-4-6-9-11/h3-10,13,15H,1-2H3/b7-3+/t10-,13+/m1/s1. The van der Waals surface area contributed by atoms with E-state index in [9.17, 15) is 9.90 Å². The average molecular weight is 204 g/mol. The monoisotopic (exact) mass is 204 g/mol.